The van der Waals surface area contributed by atoms with Gasteiger partial charge in [-0.15, -0.1) is 11.6 Å². The van der Waals surface area contributed by atoms with Gasteiger partial charge in [-0.1, -0.05) is 13.8 Å². The van der Waals surface area contributed by atoms with E-state index in [0.29, 0.717) is 17.1 Å². The first-order chi connectivity index (χ1) is 11.4. The van der Waals surface area contributed by atoms with Crippen LogP contribution in [-0.4, -0.2) is 22.9 Å². The van der Waals surface area contributed by atoms with Gasteiger partial charge < -0.3 is 5.11 Å². The molecule has 1 N–H and O–H groups in total. The molecule has 136 valence electrons. The molecule has 0 unspecified atom stereocenters. The summed E-state index contributed by atoms with van der Waals surface area (Å²) < 4.78 is 0. The van der Waals surface area contributed by atoms with Crippen molar-refractivity contribution in [3.05, 3.63) is 0 Å². The number of carbonyl (C=O) groups is 1. The van der Waals surface area contributed by atoms with Crippen LogP contribution in [0.5, 0.6) is 0 Å². The molecular formula is C21H33ClO2. The van der Waals surface area contributed by atoms with Crippen molar-refractivity contribution < 1.29 is 9.90 Å². The van der Waals surface area contributed by atoms with E-state index in [1.54, 1.807) is 0 Å². The van der Waals surface area contributed by atoms with Crippen LogP contribution >= 0.6 is 11.6 Å². The first-order valence-electron chi connectivity index (χ1n) is 10.2. The molecule has 0 amide bonds. The Bertz CT molecular complexity index is 520. The van der Waals surface area contributed by atoms with Crippen LogP contribution in [0.25, 0.3) is 0 Å². The van der Waals surface area contributed by atoms with Crippen molar-refractivity contribution in [3.8, 4) is 0 Å². The molecule has 0 aliphatic heterocycles. The minimum Gasteiger partial charge on any atom is -0.393 e. The van der Waals surface area contributed by atoms with E-state index in [1.165, 1.54) is 38.5 Å². The molecule has 3 heteroatoms. The van der Waals surface area contributed by atoms with Gasteiger partial charge in [0.15, 0.2) is 5.78 Å². The molecule has 0 radical (unpaired) electrons. The van der Waals surface area contributed by atoms with E-state index in [-0.39, 0.29) is 23.3 Å². The summed E-state index contributed by atoms with van der Waals surface area (Å²) in [6.45, 7) is 4.93. The van der Waals surface area contributed by atoms with Gasteiger partial charge in [-0.2, -0.15) is 0 Å². The quantitative estimate of drug-likeness (QED) is 0.724. The van der Waals surface area contributed by atoms with Crippen LogP contribution in [0.1, 0.15) is 71.6 Å². The molecule has 4 saturated carbocycles. The van der Waals surface area contributed by atoms with Gasteiger partial charge in [0.25, 0.3) is 0 Å². The summed E-state index contributed by atoms with van der Waals surface area (Å²) in [6.07, 6.45) is 10.5. The zero-order valence-corrected chi connectivity index (χ0v) is 16.0. The van der Waals surface area contributed by atoms with Gasteiger partial charge in [0.05, 0.1) is 12.0 Å². The Labute approximate surface area is 151 Å². The van der Waals surface area contributed by atoms with E-state index in [9.17, 15) is 9.90 Å². The highest BCUT2D eigenvalue weighted by atomic mass is 35.5. The summed E-state index contributed by atoms with van der Waals surface area (Å²) in [4.78, 5) is 12.4. The van der Waals surface area contributed by atoms with Crippen molar-refractivity contribution in [1.29, 1.82) is 0 Å². The van der Waals surface area contributed by atoms with Crippen molar-refractivity contribution in [1.82, 2.24) is 0 Å². The van der Waals surface area contributed by atoms with Crippen LogP contribution in [0.2, 0.25) is 0 Å². The summed E-state index contributed by atoms with van der Waals surface area (Å²) in [6, 6.07) is 0. The van der Waals surface area contributed by atoms with Crippen LogP contribution in [0.4, 0.5) is 0 Å². The van der Waals surface area contributed by atoms with Crippen LogP contribution in [0.3, 0.4) is 0 Å². The SMILES string of the molecule is C[C@]12CC[C@@H](O)C[C@@H]1CC[C@H]1[C@H]2CC[C@@]2(C)[C@@H]1CC[C@H]2C(=O)CCl. The smallest absolute Gasteiger partial charge is 0.151 e. The second-order valence-corrected chi connectivity index (χ2v) is 10.1. The monoisotopic (exact) mass is 352 g/mol. The average Bonchev–Trinajstić information content (AvgIpc) is 2.92. The number of hydrogen-bond acceptors (Lipinski definition) is 2. The largest absolute Gasteiger partial charge is 0.393 e. The lowest BCUT2D eigenvalue weighted by Crippen LogP contribution is -2.54. The predicted molar refractivity (Wildman–Crippen MR) is 97.0 cm³/mol. The Morgan fingerprint density at radius 3 is 2.46 bits per heavy atom. The number of ketones is 1. The minimum absolute atomic E-state index is 0.0642. The van der Waals surface area contributed by atoms with Gasteiger partial charge in [0.2, 0.25) is 0 Å². The predicted octanol–water partition coefficient (Wildman–Crippen LogP) is 4.81. The van der Waals surface area contributed by atoms with Crippen molar-refractivity contribution in [2.45, 2.75) is 77.7 Å². The third-order valence-electron chi connectivity index (χ3n) is 9.16. The lowest BCUT2D eigenvalue weighted by molar-refractivity contribution is -0.138. The Morgan fingerprint density at radius 1 is 1.00 bits per heavy atom. The number of hydrogen-bond donors (Lipinski definition) is 1. The molecule has 0 heterocycles. The number of alkyl halides is 1. The van der Waals surface area contributed by atoms with E-state index < -0.39 is 0 Å². The highest BCUT2D eigenvalue weighted by Gasteiger charge is 2.60. The molecule has 4 aliphatic rings. The number of carbonyl (C=O) groups excluding carboxylic acids is 1. The maximum atomic E-state index is 12.4. The van der Waals surface area contributed by atoms with Crippen LogP contribution < -0.4 is 0 Å². The lowest BCUT2D eigenvalue weighted by Gasteiger charge is -2.60. The van der Waals surface area contributed by atoms with E-state index in [0.717, 1.165) is 37.0 Å². The van der Waals surface area contributed by atoms with Gasteiger partial charge in [-0.3, -0.25) is 4.79 Å². The fourth-order valence-corrected chi connectivity index (χ4v) is 8.04. The summed E-state index contributed by atoms with van der Waals surface area (Å²) in [7, 11) is 0. The second kappa shape index (κ2) is 5.98. The molecule has 24 heavy (non-hydrogen) atoms. The fourth-order valence-electron chi connectivity index (χ4n) is 7.86. The summed E-state index contributed by atoms with van der Waals surface area (Å²) >= 11 is 5.92. The number of aliphatic hydroxyl groups excluding tert-OH is 1. The highest BCUT2D eigenvalue weighted by molar-refractivity contribution is 6.28. The summed E-state index contributed by atoms with van der Waals surface area (Å²) in [5, 5.41) is 10.1. The van der Waals surface area contributed by atoms with E-state index in [2.05, 4.69) is 13.8 Å². The molecule has 8 atom stereocenters. The highest BCUT2D eigenvalue weighted by Crippen LogP contribution is 2.67. The topological polar surface area (TPSA) is 37.3 Å². The van der Waals surface area contributed by atoms with Crippen molar-refractivity contribution in [2.75, 3.05) is 5.88 Å². The molecule has 0 saturated heterocycles. The lowest BCUT2D eigenvalue weighted by atomic mass is 9.44. The zero-order valence-electron chi connectivity index (χ0n) is 15.3. The fraction of sp³-hybridized carbons (Fsp3) is 0.952. The van der Waals surface area contributed by atoms with Gasteiger partial charge in [0, 0.05) is 5.92 Å². The maximum Gasteiger partial charge on any atom is 0.151 e. The van der Waals surface area contributed by atoms with E-state index in [4.69, 9.17) is 11.6 Å². The Morgan fingerprint density at radius 2 is 1.71 bits per heavy atom. The molecule has 2 nitrogen and oxygen atoms in total. The van der Waals surface area contributed by atoms with Crippen LogP contribution in [0, 0.1) is 40.4 Å². The number of rotatable bonds is 2. The molecule has 4 fully saturated rings. The Hall–Kier alpha value is -0.0800. The van der Waals surface area contributed by atoms with E-state index >= 15 is 0 Å². The van der Waals surface area contributed by atoms with Crippen molar-refractivity contribution in [3.63, 3.8) is 0 Å². The number of halogens is 1. The maximum absolute atomic E-state index is 12.4. The Balaban J connectivity index is 1.60. The molecule has 0 aromatic rings. The van der Waals surface area contributed by atoms with Crippen LogP contribution in [-0.2, 0) is 4.79 Å². The number of aliphatic hydroxyl groups is 1. The van der Waals surface area contributed by atoms with Gasteiger partial charge in [-0.25, -0.2) is 0 Å². The number of Topliss-reactive ketones (excluding diaryl/α,β-unsaturated/α-hetero) is 1. The first kappa shape index (κ1) is 17.3. The molecule has 4 aliphatic carbocycles. The van der Waals surface area contributed by atoms with Crippen molar-refractivity contribution in [2.24, 2.45) is 40.4 Å². The standard InChI is InChI=1S/C21H33ClO2/c1-20-9-7-14(23)11-13(20)3-4-15-16-5-6-18(19(24)12-22)21(16,2)10-8-17(15)20/h13-18,23H,3-12H2,1-2H3/t13-,14+,15+,16+,17+,18-,20-,21-/m0/s1. The molecular weight excluding hydrogens is 320 g/mol. The number of fused-ring (bicyclic) bond motifs is 5. The minimum atomic E-state index is -0.0642. The third-order valence-corrected chi connectivity index (χ3v) is 9.42. The zero-order chi connectivity index (χ0) is 17.1. The molecule has 0 aromatic carbocycles. The third kappa shape index (κ3) is 2.35. The van der Waals surface area contributed by atoms with Gasteiger partial charge in [0.1, 0.15) is 0 Å². The molecule has 0 aromatic heterocycles. The van der Waals surface area contributed by atoms with E-state index in [1.807, 2.05) is 0 Å². The first-order valence-corrected chi connectivity index (χ1v) is 10.7. The Kier molecular flexibility index (Phi) is 4.32. The summed E-state index contributed by atoms with van der Waals surface area (Å²) in [5.41, 5.74) is 0.628. The normalized spacial score (nSPS) is 53.8. The van der Waals surface area contributed by atoms with Gasteiger partial charge in [-0.05, 0) is 92.3 Å². The van der Waals surface area contributed by atoms with Crippen LogP contribution in [0.15, 0.2) is 0 Å². The summed E-state index contributed by atoms with van der Waals surface area (Å²) in [5.74, 6) is 3.74. The molecule has 4 rings (SSSR count). The second-order valence-electron chi connectivity index (χ2n) is 9.86. The molecule has 0 bridgehead atoms. The molecule has 0 spiro atoms. The average molecular weight is 353 g/mol. The van der Waals surface area contributed by atoms with Gasteiger partial charge >= 0.3 is 0 Å². The van der Waals surface area contributed by atoms with Crippen molar-refractivity contribution >= 4 is 17.4 Å².